The van der Waals surface area contributed by atoms with E-state index in [2.05, 4.69) is 15.5 Å². The van der Waals surface area contributed by atoms with Crippen LogP contribution in [0.5, 0.6) is 0 Å². The minimum Gasteiger partial charge on any atom is -0.325 e. The lowest BCUT2D eigenvalue weighted by molar-refractivity contribution is -0.113. The molecule has 0 fully saturated rings. The number of nitrogens with zero attached hydrogens (tertiary/aromatic N) is 4. The van der Waals surface area contributed by atoms with Gasteiger partial charge in [-0.05, 0) is 62.3 Å². The molecule has 0 saturated heterocycles. The summed E-state index contributed by atoms with van der Waals surface area (Å²) in [5.41, 5.74) is 3.46. The van der Waals surface area contributed by atoms with Gasteiger partial charge in [0.15, 0.2) is 21.7 Å². The van der Waals surface area contributed by atoms with E-state index in [-0.39, 0.29) is 17.4 Å². The van der Waals surface area contributed by atoms with Crippen molar-refractivity contribution in [3.8, 4) is 0 Å². The largest absolute Gasteiger partial charge is 0.325 e. The first-order valence-corrected chi connectivity index (χ1v) is 12.8. The fourth-order valence-corrected chi connectivity index (χ4v) is 6.43. The molecular formula is C21H19N5O2S3. The molecule has 0 spiro atoms. The van der Waals surface area contributed by atoms with Crippen LogP contribution in [0, 0.1) is 0 Å². The number of anilines is 1. The summed E-state index contributed by atoms with van der Waals surface area (Å²) in [4.78, 5) is 31.1. The second kappa shape index (κ2) is 8.25. The monoisotopic (exact) mass is 469 g/mol. The molecule has 0 atom stereocenters. The molecule has 3 aromatic heterocycles. The summed E-state index contributed by atoms with van der Waals surface area (Å²) in [6.45, 7) is 1.52. The van der Waals surface area contributed by atoms with Gasteiger partial charge in [0.1, 0.15) is 4.83 Å². The average molecular weight is 470 g/mol. The van der Waals surface area contributed by atoms with Crippen molar-refractivity contribution in [1.82, 2.24) is 19.6 Å². The van der Waals surface area contributed by atoms with Crippen molar-refractivity contribution >= 4 is 68.1 Å². The Morgan fingerprint density at radius 1 is 1.16 bits per heavy atom. The Balaban J connectivity index is 1.38. The first-order chi connectivity index (χ1) is 15.0. The summed E-state index contributed by atoms with van der Waals surface area (Å²) in [6.07, 6.45) is 5.34. The topological polar surface area (TPSA) is 89.2 Å². The lowest BCUT2D eigenvalue weighted by atomic mass is 10.1. The summed E-state index contributed by atoms with van der Waals surface area (Å²) < 4.78 is 1.97. The molecule has 1 aliphatic rings. The van der Waals surface area contributed by atoms with Gasteiger partial charge in [-0.1, -0.05) is 23.5 Å². The maximum Gasteiger partial charge on any atom is 0.234 e. The number of carbonyl (C=O) groups is 2. The maximum absolute atomic E-state index is 12.5. The number of fused-ring (bicyclic) bond motifs is 5. The first kappa shape index (κ1) is 20.5. The fourth-order valence-electron chi connectivity index (χ4n) is 3.79. The molecule has 1 aromatic carbocycles. The van der Waals surface area contributed by atoms with Crippen LogP contribution in [0.4, 0.5) is 5.69 Å². The molecule has 158 valence electrons. The number of benzene rings is 1. The Labute approximate surface area is 191 Å². The predicted molar refractivity (Wildman–Crippen MR) is 126 cm³/mol. The van der Waals surface area contributed by atoms with E-state index < -0.39 is 0 Å². The molecule has 0 unspecified atom stereocenters. The highest BCUT2D eigenvalue weighted by atomic mass is 32.2. The lowest BCUT2D eigenvalue weighted by Gasteiger charge is -2.07. The van der Waals surface area contributed by atoms with E-state index in [9.17, 15) is 9.59 Å². The molecular weight excluding hydrogens is 450 g/mol. The van der Waals surface area contributed by atoms with Crippen LogP contribution in [0.3, 0.4) is 0 Å². The molecule has 0 aliphatic heterocycles. The number of hydrogen-bond acceptors (Lipinski definition) is 8. The highest BCUT2D eigenvalue weighted by Crippen LogP contribution is 2.40. The normalized spacial score (nSPS) is 13.1. The number of Topliss-reactive ketones (excluding diaryl/α,β-unsaturated/α-hetero) is 1. The Bertz CT molecular complexity index is 1330. The van der Waals surface area contributed by atoms with Crippen molar-refractivity contribution in [3.63, 3.8) is 0 Å². The smallest absolute Gasteiger partial charge is 0.234 e. The highest BCUT2D eigenvalue weighted by molar-refractivity contribution is 8.00. The fraction of sp³-hybridized carbons (Fsp3) is 0.286. The number of rotatable bonds is 6. The minimum atomic E-state index is -0.145. The van der Waals surface area contributed by atoms with Crippen LogP contribution in [0.1, 0.15) is 34.1 Å². The number of thiophene rings is 1. The van der Waals surface area contributed by atoms with E-state index in [1.807, 2.05) is 10.7 Å². The molecule has 0 bridgehead atoms. The summed E-state index contributed by atoms with van der Waals surface area (Å²) in [5, 5.41) is 14.3. The molecule has 1 aliphatic carbocycles. The quantitative estimate of drug-likeness (QED) is 0.253. The SMILES string of the molecule is CSc1nc2sc3c(c2c2nnc(SCC(=O)Nc4ccc(C(C)=O)cc4)n12)CCC3. The first-order valence-electron chi connectivity index (χ1n) is 9.82. The van der Waals surface area contributed by atoms with Crippen LogP contribution in [0.2, 0.25) is 0 Å². The minimum absolute atomic E-state index is 0.00398. The summed E-state index contributed by atoms with van der Waals surface area (Å²) >= 11 is 4.65. The van der Waals surface area contributed by atoms with Crippen LogP contribution >= 0.6 is 34.9 Å². The van der Waals surface area contributed by atoms with Gasteiger partial charge in [-0.2, -0.15) is 0 Å². The van der Waals surface area contributed by atoms with E-state index in [4.69, 9.17) is 4.98 Å². The molecule has 0 radical (unpaired) electrons. The van der Waals surface area contributed by atoms with Crippen molar-refractivity contribution in [2.75, 3.05) is 17.3 Å². The number of carbonyl (C=O) groups excluding carboxylic acids is 2. The van der Waals surface area contributed by atoms with Crippen molar-refractivity contribution in [3.05, 3.63) is 40.3 Å². The lowest BCUT2D eigenvalue weighted by Crippen LogP contribution is -2.14. The number of thioether (sulfide) groups is 2. The molecule has 31 heavy (non-hydrogen) atoms. The van der Waals surface area contributed by atoms with Crippen molar-refractivity contribution < 1.29 is 9.59 Å². The van der Waals surface area contributed by atoms with Crippen molar-refractivity contribution in [2.24, 2.45) is 0 Å². The van der Waals surface area contributed by atoms with Gasteiger partial charge in [0.05, 0.1) is 11.1 Å². The standard InChI is InChI=1S/C21H19N5O2S3/c1-11(27)12-6-8-13(9-7-12)22-16(28)10-30-21-25-24-18-17-14-4-3-5-15(14)31-19(17)23-20(29-2)26(18)21/h6-9H,3-5,10H2,1-2H3,(H,22,28). The van der Waals surface area contributed by atoms with Gasteiger partial charge in [0, 0.05) is 16.1 Å². The van der Waals surface area contributed by atoms with Gasteiger partial charge in [0.25, 0.3) is 0 Å². The van der Waals surface area contributed by atoms with Crippen LogP contribution in [-0.4, -0.2) is 43.3 Å². The van der Waals surface area contributed by atoms with Crippen LogP contribution in [0.25, 0.3) is 15.9 Å². The molecule has 3 heterocycles. The number of ketones is 1. The Morgan fingerprint density at radius 3 is 2.71 bits per heavy atom. The number of hydrogen-bond donors (Lipinski definition) is 1. The summed E-state index contributed by atoms with van der Waals surface area (Å²) in [5.74, 6) is 0.0484. The summed E-state index contributed by atoms with van der Waals surface area (Å²) in [7, 11) is 0. The zero-order chi connectivity index (χ0) is 21.5. The third kappa shape index (κ3) is 3.72. The molecule has 1 N–H and O–H groups in total. The van der Waals surface area contributed by atoms with E-state index in [1.165, 1.54) is 35.5 Å². The Kier molecular flexibility index (Phi) is 5.45. The maximum atomic E-state index is 12.5. The van der Waals surface area contributed by atoms with Gasteiger partial charge >= 0.3 is 0 Å². The third-order valence-electron chi connectivity index (χ3n) is 5.24. The summed E-state index contributed by atoms with van der Waals surface area (Å²) in [6, 6.07) is 6.88. The number of aromatic nitrogens is 4. The zero-order valence-corrected chi connectivity index (χ0v) is 19.4. The van der Waals surface area contributed by atoms with E-state index >= 15 is 0 Å². The van der Waals surface area contributed by atoms with Crippen molar-refractivity contribution in [2.45, 2.75) is 36.5 Å². The number of amides is 1. The molecule has 7 nitrogen and oxygen atoms in total. The second-order valence-corrected chi connectivity index (χ2v) is 10.0. The Hall–Kier alpha value is -2.43. The number of aryl methyl sites for hydroxylation is 2. The number of nitrogens with one attached hydrogen (secondary N) is 1. The second-order valence-electron chi connectivity index (χ2n) is 7.25. The molecule has 4 aromatic rings. The van der Waals surface area contributed by atoms with E-state index in [1.54, 1.807) is 47.4 Å². The third-order valence-corrected chi connectivity index (χ3v) is 7.99. The van der Waals surface area contributed by atoms with Crippen LogP contribution in [0.15, 0.2) is 34.6 Å². The average Bonchev–Trinajstić information content (AvgIpc) is 3.46. The molecule has 10 heteroatoms. The van der Waals surface area contributed by atoms with Gasteiger partial charge in [-0.3, -0.25) is 9.59 Å². The van der Waals surface area contributed by atoms with E-state index in [0.29, 0.717) is 16.4 Å². The molecule has 5 rings (SSSR count). The zero-order valence-electron chi connectivity index (χ0n) is 17.0. The van der Waals surface area contributed by atoms with Crippen LogP contribution in [-0.2, 0) is 17.6 Å². The van der Waals surface area contributed by atoms with Crippen LogP contribution < -0.4 is 5.32 Å². The van der Waals surface area contributed by atoms with Gasteiger partial charge in [-0.25, -0.2) is 9.38 Å². The van der Waals surface area contributed by atoms with Gasteiger partial charge in [-0.15, -0.1) is 21.5 Å². The molecule has 1 amide bonds. The van der Waals surface area contributed by atoms with Gasteiger partial charge in [0.2, 0.25) is 5.91 Å². The van der Waals surface area contributed by atoms with Gasteiger partial charge < -0.3 is 5.32 Å². The van der Waals surface area contributed by atoms with E-state index in [0.717, 1.165) is 33.9 Å². The predicted octanol–water partition coefficient (Wildman–Crippen LogP) is 4.48. The highest BCUT2D eigenvalue weighted by Gasteiger charge is 2.24. The Morgan fingerprint density at radius 2 is 1.97 bits per heavy atom. The van der Waals surface area contributed by atoms with Crippen molar-refractivity contribution in [1.29, 1.82) is 0 Å². The molecule has 0 saturated carbocycles.